The van der Waals surface area contributed by atoms with E-state index in [1.807, 2.05) is 0 Å². The summed E-state index contributed by atoms with van der Waals surface area (Å²) in [5.41, 5.74) is 0. The van der Waals surface area contributed by atoms with E-state index in [2.05, 4.69) is 41.5 Å². The van der Waals surface area contributed by atoms with Gasteiger partial charge in [-0.2, -0.15) is 0 Å². The van der Waals surface area contributed by atoms with Gasteiger partial charge in [0.05, 0.1) is 0 Å². The molecule has 1 rings (SSSR count). The predicted octanol–water partition coefficient (Wildman–Crippen LogP) is 18.5. The highest BCUT2D eigenvalue weighted by atomic mass is 28.5. The third kappa shape index (κ3) is 26.5. The fourth-order valence-corrected chi connectivity index (χ4v) is 29.3. The summed E-state index contributed by atoms with van der Waals surface area (Å²) in [4.78, 5) is 0. The molecule has 1 fully saturated rings. The summed E-state index contributed by atoms with van der Waals surface area (Å²) in [6.45, 7) is 14.1. The maximum atomic E-state index is 8.01. The van der Waals surface area contributed by atoms with E-state index in [-0.39, 0.29) is 0 Å². The van der Waals surface area contributed by atoms with Crippen LogP contribution >= 0.6 is 0 Å². The lowest BCUT2D eigenvalue weighted by atomic mass is 10.1. The highest BCUT2D eigenvalue weighted by Crippen LogP contribution is 2.46. The first-order valence-electron chi connectivity index (χ1n) is 25.6. The molecule has 0 aromatic carbocycles. The average molecular weight is 812 g/mol. The van der Waals surface area contributed by atoms with E-state index in [0.29, 0.717) is 0 Å². The van der Waals surface area contributed by atoms with Gasteiger partial charge >= 0.3 is 25.7 Å². The van der Waals surface area contributed by atoms with Crippen molar-refractivity contribution >= 4 is 25.7 Å². The van der Waals surface area contributed by atoms with Crippen LogP contribution in [0.15, 0.2) is 0 Å². The molecule has 0 N–H and O–H groups in total. The van der Waals surface area contributed by atoms with E-state index in [1.54, 1.807) is 0 Å². The maximum Gasteiger partial charge on any atom is 0.320 e. The molecule has 0 radical (unpaired) electrons. The van der Waals surface area contributed by atoms with Gasteiger partial charge in [-0.1, -0.05) is 273 Å². The highest BCUT2D eigenvalue weighted by Gasteiger charge is 2.60. The molecule has 0 aliphatic carbocycles. The van der Waals surface area contributed by atoms with Gasteiger partial charge in [-0.15, -0.1) is 0 Å². The molecular formula is C48H102O3Si3. The van der Waals surface area contributed by atoms with Crippen LogP contribution in [0.3, 0.4) is 0 Å². The van der Waals surface area contributed by atoms with Crippen LogP contribution in [-0.2, 0) is 12.3 Å². The maximum absolute atomic E-state index is 8.01. The van der Waals surface area contributed by atoms with Gasteiger partial charge in [-0.3, -0.25) is 0 Å². The van der Waals surface area contributed by atoms with Gasteiger partial charge in [0.2, 0.25) is 0 Å². The average Bonchev–Trinajstić information content (AvgIpc) is 3.17. The highest BCUT2D eigenvalue weighted by molar-refractivity contribution is 6.94. The van der Waals surface area contributed by atoms with Crippen molar-refractivity contribution in [2.45, 2.75) is 309 Å². The minimum Gasteiger partial charge on any atom is -0.415 e. The van der Waals surface area contributed by atoms with Gasteiger partial charge in [0.15, 0.2) is 0 Å². The van der Waals surface area contributed by atoms with E-state index in [4.69, 9.17) is 12.3 Å². The molecule has 1 saturated heterocycles. The SMILES string of the molecule is CCCCCCCC[Si]1(CCCCCCCC)O[Si](CCCCCCCC)(CCCCCCCC)O[Si](CCCCCCCC)(CCCCCCCC)O1. The monoisotopic (exact) mass is 811 g/mol. The molecule has 6 heteroatoms. The first kappa shape index (κ1) is 52.5. The molecule has 0 bridgehead atoms. The van der Waals surface area contributed by atoms with Crippen LogP contribution in [0.4, 0.5) is 0 Å². The normalized spacial score (nSPS) is 16.3. The Bertz CT molecular complexity index is 620. The quantitative estimate of drug-likeness (QED) is 0.0454. The molecule has 0 aromatic rings. The fourth-order valence-electron chi connectivity index (χ4n) is 9.11. The van der Waals surface area contributed by atoms with Crippen molar-refractivity contribution in [3.63, 3.8) is 0 Å². The summed E-state index contributed by atoms with van der Waals surface area (Å²) >= 11 is 0. The molecule has 0 saturated carbocycles. The summed E-state index contributed by atoms with van der Waals surface area (Å²) in [5, 5.41) is 0. The number of hydrogen-bond donors (Lipinski definition) is 0. The van der Waals surface area contributed by atoms with Gasteiger partial charge in [0, 0.05) is 0 Å². The lowest BCUT2D eigenvalue weighted by molar-refractivity contribution is 0.201. The molecular weight excluding hydrogens is 709 g/mol. The van der Waals surface area contributed by atoms with Crippen LogP contribution < -0.4 is 0 Å². The zero-order valence-electron chi connectivity index (χ0n) is 38.4. The standard InChI is InChI=1S/C48H102O3Si3/c1-7-13-19-25-31-37-43-52(44-38-32-26-20-14-8-2)49-53(45-39-33-27-21-15-9-3,46-40-34-28-22-16-10-4)51-54(50-52,47-41-35-29-23-17-11-5)48-42-36-30-24-18-12-6/h7-48H2,1-6H3. The molecule has 1 aliphatic heterocycles. The lowest BCUT2D eigenvalue weighted by Gasteiger charge is -2.54. The Labute approximate surface area is 345 Å². The van der Waals surface area contributed by atoms with Gasteiger partial charge in [0.25, 0.3) is 0 Å². The van der Waals surface area contributed by atoms with Gasteiger partial charge < -0.3 is 12.3 Å². The second-order valence-electron chi connectivity index (χ2n) is 18.1. The number of rotatable bonds is 42. The molecule has 3 nitrogen and oxygen atoms in total. The lowest BCUT2D eigenvalue weighted by Crippen LogP contribution is -2.70. The van der Waals surface area contributed by atoms with Crippen molar-refractivity contribution in [1.82, 2.24) is 0 Å². The van der Waals surface area contributed by atoms with E-state index in [0.717, 1.165) is 0 Å². The van der Waals surface area contributed by atoms with Crippen LogP contribution in [-0.4, -0.2) is 25.7 Å². The van der Waals surface area contributed by atoms with E-state index < -0.39 is 25.7 Å². The zero-order valence-corrected chi connectivity index (χ0v) is 41.4. The molecule has 54 heavy (non-hydrogen) atoms. The van der Waals surface area contributed by atoms with Crippen LogP contribution in [0.1, 0.15) is 273 Å². The summed E-state index contributed by atoms with van der Waals surface area (Å²) in [6, 6.07) is 7.51. The fraction of sp³-hybridized carbons (Fsp3) is 1.00. The molecule has 1 heterocycles. The summed E-state index contributed by atoms with van der Waals surface area (Å²) < 4.78 is 24.0. The molecule has 0 spiro atoms. The second-order valence-corrected chi connectivity index (χ2v) is 29.1. The molecule has 1 aliphatic rings. The van der Waals surface area contributed by atoms with Crippen molar-refractivity contribution in [1.29, 1.82) is 0 Å². The van der Waals surface area contributed by atoms with Crippen molar-refractivity contribution in [2.75, 3.05) is 0 Å². The van der Waals surface area contributed by atoms with Crippen LogP contribution in [0.25, 0.3) is 0 Å². The second kappa shape index (κ2) is 36.6. The van der Waals surface area contributed by atoms with Crippen molar-refractivity contribution in [2.24, 2.45) is 0 Å². The van der Waals surface area contributed by atoms with Gasteiger partial charge in [0.1, 0.15) is 0 Å². The van der Waals surface area contributed by atoms with Crippen LogP contribution in [0.2, 0.25) is 36.3 Å². The van der Waals surface area contributed by atoms with Crippen molar-refractivity contribution in [3.05, 3.63) is 0 Å². The molecule has 324 valence electrons. The Morgan fingerprint density at radius 1 is 0.185 bits per heavy atom. The topological polar surface area (TPSA) is 27.7 Å². The Kier molecular flexibility index (Phi) is 35.6. The molecule has 0 aromatic heterocycles. The minimum absolute atomic E-state index is 1.25. The van der Waals surface area contributed by atoms with E-state index in [9.17, 15) is 0 Å². The first-order valence-corrected chi connectivity index (χ1v) is 32.3. The van der Waals surface area contributed by atoms with Crippen molar-refractivity contribution < 1.29 is 12.3 Å². The number of hydrogen-bond acceptors (Lipinski definition) is 3. The van der Waals surface area contributed by atoms with E-state index in [1.165, 1.54) is 267 Å². The van der Waals surface area contributed by atoms with Crippen molar-refractivity contribution in [3.8, 4) is 0 Å². The Hall–Kier alpha value is 0.531. The Morgan fingerprint density at radius 2 is 0.315 bits per heavy atom. The molecule has 0 atom stereocenters. The summed E-state index contributed by atoms with van der Waals surface area (Å²) in [6.07, 6.45) is 49.2. The summed E-state index contributed by atoms with van der Waals surface area (Å²) in [7, 11) is -7.25. The smallest absolute Gasteiger partial charge is 0.320 e. The van der Waals surface area contributed by atoms with Gasteiger partial charge in [-0.05, 0) is 36.3 Å². The molecule has 0 amide bonds. The largest absolute Gasteiger partial charge is 0.415 e. The van der Waals surface area contributed by atoms with Crippen LogP contribution in [0.5, 0.6) is 0 Å². The first-order chi connectivity index (χ1) is 26.5. The summed E-state index contributed by atoms with van der Waals surface area (Å²) in [5.74, 6) is 0. The third-order valence-corrected chi connectivity index (χ3v) is 28.2. The Morgan fingerprint density at radius 3 is 0.463 bits per heavy atom. The number of unbranched alkanes of at least 4 members (excludes halogenated alkanes) is 30. The molecule has 0 unspecified atom stereocenters. The Balaban J connectivity index is 3.53. The predicted molar refractivity (Wildman–Crippen MR) is 250 cm³/mol. The zero-order chi connectivity index (χ0) is 39.3. The van der Waals surface area contributed by atoms with Crippen LogP contribution in [0, 0.1) is 0 Å². The van der Waals surface area contributed by atoms with E-state index >= 15 is 0 Å². The minimum atomic E-state index is -2.42. The van der Waals surface area contributed by atoms with Gasteiger partial charge in [-0.25, -0.2) is 0 Å². The third-order valence-electron chi connectivity index (χ3n) is 12.6.